The van der Waals surface area contributed by atoms with Gasteiger partial charge in [-0.15, -0.1) is 0 Å². The summed E-state index contributed by atoms with van der Waals surface area (Å²) < 4.78 is 35.8. The average molecular weight is 1300 g/mol. The van der Waals surface area contributed by atoms with Crippen molar-refractivity contribution in [2.75, 3.05) is 92.4 Å². The summed E-state index contributed by atoms with van der Waals surface area (Å²) in [7, 11) is 6.72. The number of aromatic nitrogens is 2. The summed E-state index contributed by atoms with van der Waals surface area (Å²) in [5.74, 6) is -6.52. The Morgan fingerprint density at radius 2 is 1.53 bits per heavy atom. The highest BCUT2D eigenvalue weighted by molar-refractivity contribution is 6.39. The van der Waals surface area contributed by atoms with Gasteiger partial charge in [0.2, 0.25) is 17.6 Å². The molecule has 4 aliphatic heterocycles. The lowest BCUT2D eigenvalue weighted by Crippen LogP contribution is -2.60. The molecule has 0 spiro atoms. The zero-order chi connectivity index (χ0) is 67.1. The van der Waals surface area contributed by atoms with Crippen LogP contribution in [-0.2, 0) is 63.8 Å². The van der Waals surface area contributed by atoms with Gasteiger partial charge in [-0.3, -0.25) is 19.2 Å². The zero-order valence-corrected chi connectivity index (χ0v) is 56.7. The maximum Gasteiger partial charge on any atom is 0.329 e. The van der Waals surface area contributed by atoms with Gasteiger partial charge in [-0.1, -0.05) is 64.1 Å². The summed E-state index contributed by atoms with van der Waals surface area (Å²) in [5, 5.41) is 57.1. The van der Waals surface area contributed by atoms with Crippen molar-refractivity contribution in [3.05, 3.63) is 53.4 Å². The number of carbonyl (C=O) groups is 5. The minimum atomic E-state index is -2.44. The number of aliphatic hydroxyl groups excluding tert-OH is 3. The average Bonchev–Trinajstić information content (AvgIpc) is 0.781. The molecule has 3 amide bonds. The number of Topliss-reactive ketones (excluding diaryl/α,β-unsaturated/α-hetero) is 1. The van der Waals surface area contributed by atoms with Crippen molar-refractivity contribution in [1.29, 1.82) is 0 Å². The third-order valence-corrected chi connectivity index (χ3v) is 19.6. The number of cyclic esters (lactones) is 1. The quantitative estimate of drug-likeness (QED) is 0.0353. The van der Waals surface area contributed by atoms with Crippen molar-refractivity contribution in [3.63, 3.8) is 0 Å². The summed E-state index contributed by atoms with van der Waals surface area (Å²) in [6.45, 7) is 17.4. The van der Waals surface area contributed by atoms with Crippen molar-refractivity contribution < 1.29 is 77.7 Å². The van der Waals surface area contributed by atoms with Crippen molar-refractivity contribution in [3.8, 4) is 0 Å². The highest BCUT2D eigenvalue weighted by Gasteiger charge is 2.53. The summed E-state index contributed by atoms with van der Waals surface area (Å²) in [5.41, 5.74) is 2.51. The predicted molar refractivity (Wildman–Crippen MR) is 347 cm³/mol. The zero-order valence-electron chi connectivity index (χ0n) is 56.7. The van der Waals surface area contributed by atoms with Crippen molar-refractivity contribution in [1.82, 2.24) is 30.4 Å². The van der Waals surface area contributed by atoms with Crippen LogP contribution in [-0.4, -0.2) is 224 Å². The van der Waals surface area contributed by atoms with Gasteiger partial charge in [-0.2, -0.15) is 0 Å². The molecule has 1 saturated carbocycles. The molecule has 518 valence electrons. The summed E-state index contributed by atoms with van der Waals surface area (Å²) in [6.07, 6.45) is 11.7. The molecular weight excluding hydrogens is 1180 g/mol. The van der Waals surface area contributed by atoms with Crippen LogP contribution in [0.25, 0.3) is 0 Å². The fourth-order valence-electron chi connectivity index (χ4n) is 13.1. The maximum absolute atomic E-state index is 14.5. The molecule has 0 aromatic carbocycles. The Bertz CT molecular complexity index is 2620. The number of piperazine rings is 1. The molecule has 1 unspecified atom stereocenters. The molecule has 5 aliphatic rings. The van der Waals surface area contributed by atoms with Gasteiger partial charge in [-0.05, 0) is 127 Å². The van der Waals surface area contributed by atoms with E-state index in [9.17, 15) is 44.4 Å². The van der Waals surface area contributed by atoms with Crippen LogP contribution in [0.4, 0.5) is 5.95 Å². The van der Waals surface area contributed by atoms with Gasteiger partial charge in [0.05, 0.1) is 49.4 Å². The number of fused-ring (bicyclic) bond motifs is 3. The van der Waals surface area contributed by atoms with Crippen LogP contribution in [0.5, 0.6) is 0 Å². The first-order valence-electron chi connectivity index (χ1n) is 33.6. The third-order valence-electron chi connectivity index (χ3n) is 19.6. The van der Waals surface area contributed by atoms with E-state index in [2.05, 4.69) is 62.5 Å². The number of anilines is 1. The minimum Gasteiger partial charge on any atom is -0.461 e. The van der Waals surface area contributed by atoms with Gasteiger partial charge in [0.1, 0.15) is 24.4 Å². The molecule has 1 aromatic rings. The second-order valence-corrected chi connectivity index (χ2v) is 26.7. The van der Waals surface area contributed by atoms with Gasteiger partial charge >= 0.3 is 5.97 Å². The van der Waals surface area contributed by atoms with Gasteiger partial charge in [0, 0.05) is 122 Å². The number of nitrogens with zero attached hydrogens (tertiary/aromatic N) is 6. The fourth-order valence-corrected chi connectivity index (χ4v) is 13.1. The van der Waals surface area contributed by atoms with Gasteiger partial charge in [0.25, 0.3) is 17.6 Å². The molecular formula is C68H110N8O16. The number of ketones is 1. The largest absolute Gasteiger partial charge is 0.461 e. The SMILES string of the molecule is CO[C@H]1C[C@@H]2CC[C@@H](C)[C@@](O)(O2)C(=O)C(=O)N2CCCC[C@H]2C(=O)O[C@H](CC[C@@H]2CC[C@@H](O)[C@H](OC)C2)C[C@@H](O)[C@H](C)/C=C(\C)[C@@H](O)[C@@H](OC)/C(=N/OCC(=O)NCCOCCC(=O)NCc2cnc(N3CCN(C)CC3)nc2)[C@H](C)C[C@H](C)C(C)CC=CC=C1C. The van der Waals surface area contributed by atoms with Crippen LogP contribution in [0.1, 0.15) is 150 Å². The first kappa shape index (κ1) is 75.7. The van der Waals surface area contributed by atoms with Crippen LogP contribution >= 0.6 is 0 Å². The summed E-state index contributed by atoms with van der Waals surface area (Å²) >= 11 is 0. The molecule has 1 aliphatic carbocycles. The number of hydrogen-bond acceptors (Lipinski definition) is 21. The number of hydrogen-bond donors (Lipinski definition) is 6. The number of allylic oxidation sites excluding steroid dienone is 3. The van der Waals surface area contributed by atoms with Crippen LogP contribution < -0.4 is 15.5 Å². The van der Waals surface area contributed by atoms with Crippen molar-refractivity contribution >= 4 is 41.1 Å². The Morgan fingerprint density at radius 1 is 0.793 bits per heavy atom. The number of piperidine rings is 1. The summed E-state index contributed by atoms with van der Waals surface area (Å²) in [6, 6.07) is -1.14. The van der Waals surface area contributed by atoms with E-state index >= 15 is 0 Å². The monoisotopic (exact) mass is 1290 g/mol. The Hall–Kier alpha value is -5.28. The van der Waals surface area contributed by atoms with E-state index in [1.807, 2.05) is 26.0 Å². The summed E-state index contributed by atoms with van der Waals surface area (Å²) in [4.78, 5) is 89.4. The smallest absolute Gasteiger partial charge is 0.329 e. The highest BCUT2D eigenvalue weighted by Crippen LogP contribution is 2.38. The van der Waals surface area contributed by atoms with E-state index in [0.717, 1.165) is 50.2 Å². The lowest BCUT2D eigenvalue weighted by molar-refractivity contribution is -0.265. The number of oxime groups is 1. The van der Waals surface area contributed by atoms with Crippen LogP contribution in [0.15, 0.2) is 53.0 Å². The number of esters is 1. The number of rotatable bonds is 18. The van der Waals surface area contributed by atoms with E-state index in [1.54, 1.807) is 53.5 Å². The van der Waals surface area contributed by atoms with E-state index in [1.165, 1.54) is 12.0 Å². The Labute approximate surface area is 545 Å². The predicted octanol–water partition coefficient (Wildman–Crippen LogP) is 5.38. The lowest BCUT2D eigenvalue weighted by atomic mass is 9.81. The Kier molecular flexibility index (Phi) is 31.1. The molecule has 24 heteroatoms. The molecule has 92 heavy (non-hydrogen) atoms. The number of aliphatic hydroxyl groups is 4. The first-order chi connectivity index (χ1) is 44.0. The number of nitrogens with one attached hydrogen (secondary N) is 2. The molecule has 3 saturated heterocycles. The van der Waals surface area contributed by atoms with E-state index < -0.39 is 96.6 Å². The molecule has 6 N–H and O–H groups in total. The number of methoxy groups -OCH3 is 3. The molecule has 2 bridgehead atoms. The molecule has 6 rings (SSSR count). The number of likely N-dealkylation sites (N-methyl/N-ethyl adjacent to an activating group) is 1. The van der Waals surface area contributed by atoms with Crippen molar-refractivity contribution in [2.24, 2.45) is 40.7 Å². The molecule has 16 atom stereocenters. The van der Waals surface area contributed by atoms with E-state index in [0.29, 0.717) is 81.4 Å². The molecule has 5 heterocycles. The van der Waals surface area contributed by atoms with Crippen LogP contribution in [0, 0.1) is 35.5 Å². The first-order valence-corrected chi connectivity index (χ1v) is 33.6. The maximum atomic E-state index is 14.5. The third kappa shape index (κ3) is 22.4. The Morgan fingerprint density at radius 3 is 2.24 bits per heavy atom. The van der Waals surface area contributed by atoms with Crippen LogP contribution in [0.2, 0.25) is 0 Å². The molecule has 0 radical (unpaired) electrons. The number of ether oxygens (including phenoxy) is 6. The van der Waals surface area contributed by atoms with E-state index in [4.69, 9.17) is 33.3 Å². The standard InChI is InChI=1S/C68H110N8O16/c1-43-16-12-13-17-44(2)57(86-9)38-53-22-19-49(7)68(85,92-53)64(82)65(83)76-27-15-14-18-54(76)66(84)91-52(23-20-50-21-24-55(77)58(36-50)87-10)37-56(78)46(4)35-48(6)62(81)63(88-11)61(47(5)34-45(43)3)73-90-42-60(80)69-26-33-89-32-25-59(79)70-39-51-40-71-67(72-41-51)75-30-28-74(8)29-31-75/h12-13,17,35,40-41,43,45-47,49-50,52-58,62-63,77-78,81,85H,14-16,18-34,36-39,42H2,1-11H3,(H,69,80)(H,70,79)/b13-12?,44-17?,48-35+,73-61+/t43?,45-,46+,47+,49+,50+,52+,53-,54-,55+,56+,57-,58+,62+,63-,68+/m0/s1. The second kappa shape index (κ2) is 37.7. The number of amides is 3. The van der Waals surface area contributed by atoms with Gasteiger partial charge in [0.15, 0.2) is 6.61 Å². The highest BCUT2D eigenvalue weighted by atomic mass is 16.6. The van der Waals surface area contributed by atoms with Crippen molar-refractivity contribution in [2.45, 2.75) is 212 Å². The normalized spacial score (nSPS) is 33.7. The molecule has 24 nitrogen and oxygen atoms in total. The molecule has 4 fully saturated rings. The van der Waals surface area contributed by atoms with E-state index in [-0.39, 0.29) is 87.8 Å². The fraction of sp³-hybridized carbons (Fsp3) is 0.765. The lowest BCUT2D eigenvalue weighted by Gasteiger charge is -2.42. The molecule has 1 aromatic heterocycles. The second-order valence-electron chi connectivity index (χ2n) is 26.7. The van der Waals surface area contributed by atoms with Gasteiger partial charge < -0.3 is 79.0 Å². The topological polar surface area (TPSA) is 303 Å². The minimum absolute atomic E-state index is 0.00866. The van der Waals surface area contributed by atoms with Crippen LogP contribution in [0.3, 0.4) is 0 Å². The number of carbonyl (C=O) groups excluding carboxylic acids is 5. The van der Waals surface area contributed by atoms with Gasteiger partial charge in [-0.25, -0.2) is 14.8 Å². The Balaban J connectivity index is 1.16.